The number of benzene rings is 1. The lowest BCUT2D eigenvalue weighted by Gasteiger charge is -2.26. The van der Waals surface area contributed by atoms with Gasteiger partial charge in [-0.2, -0.15) is 0 Å². The Balaban J connectivity index is 2.00. The summed E-state index contributed by atoms with van der Waals surface area (Å²) in [6, 6.07) is 10.7. The van der Waals surface area contributed by atoms with Crippen molar-refractivity contribution in [3.05, 3.63) is 42.1 Å². The van der Waals surface area contributed by atoms with Gasteiger partial charge in [-0.15, -0.1) is 0 Å². The topological polar surface area (TPSA) is 20.2 Å². The van der Waals surface area contributed by atoms with E-state index in [-0.39, 0.29) is 6.10 Å². The van der Waals surface area contributed by atoms with Gasteiger partial charge in [-0.05, 0) is 18.8 Å². The van der Waals surface area contributed by atoms with E-state index in [0.717, 1.165) is 0 Å². The molecule has 0 spiro atoms. The fourth-order valence-electron chi connectivity index (χ4n) is 2.94. The predicted octanol–water partition coefficient (Wildman–Crippen LogP) is 3.64. The molecule has 1 N–H and O–H groups in total. The van der Waals surface area contributed by atoms with Crippen LogP contribution in [0.15, 0.2) is 42.1 Å². The smallest absolute Gasteiger partial charge is 0.103 e. The number of aliphatic hydroxyl groups excluding tert-OH is 1. The number of hydrogen-bond acceptors (Lipinski definition) is 1. The molecule has 0 bridgehead atoms. The van der Waals surface area contributed by atoms with Gasteiger partial charge < -0.3 is 5.11 Å². The molecule has 1 nitrogen and oxygen atoms in total. The SMILES string of the molecule is C[Si](C)(/C=C\C(O)C1CCCCC1)c1ccccc1. The van der Waals surface area contributed by atoms with Crippen LogP contribution in [0, 0.1) is 5.92 Å². The molecule has 1 fully saturated rings. The van der Waals surface area contributed by atoms with Gasteiger partial charge in [-0.1, -0.05) is 79.7 Å². The van der Waals surface area contributed by atoms with E-state index >= 15 is 0 Å². The Morgan fingerprint density at radius 2 is 1.74 bits per heavy atom. The predicted molar refractivity (Wildman–Crippen MR) is 85.3 cm³/mol. The molecule has 0 heterocycles. The maximum absolute atomic E-state index is 10.3. The van der Waals surface area contributed by atoms with E-state index in [9.17, 15) is 5.11 Å². The number of rotatable bonds is 4. The van der Waals surface area contributed by atoms with Crippen LogP contribution >= 0.6 is 0 Å². The van der Waals surface area contributed by atoms with Crippen molar-refractivity contribution < 1.29 is 5.11 Å². The normalized spacial score (nSPS) is 19.7. The highest BCUT2D eigenvalue weighted by Gasteiger charge is 2.23. The monoisotopic (exact) mass is 274 g/mol. The summed E-state index contributed by atoms with van der Waals surface area (Å²) in [4.78, 5) is 0. The van der Waals surface area contributed by atoms with Crippen molar-refractivity contribution in [3.63, 3.8) is 0 Å². The highest BCUT2D eigenvalue weighted by molar-refractivity contribution is 6.93. The van der Waals surface area contributed by atoms with E-state index in [2.05, 4.69) is 55.2 Å². The van der Waals surface area contributed by atoms with Gasteiger partial charge in [0.15, 0.2) is 0 Å². The molecule has 104 valence electrons. The summed E-state index contributed by atoms with van der Waals surface area (Å²) in [6.07, 6.45) is 8.14. The first kappa shape index (κ1) is 14.5. The van der Waals surface area contributed by atoms with Crippen LogP contribution in [0.5, 0.6) is 0 Å². The van der Waals surface area contributed by atoms with E-state index in [1.807, 2.05) is 0 Å². The van der Waals surface area contributed by atoms with Gasteiger partial charge in [0.05, 0.1) is 6.10 Å². The minimum absolute atomic E-state index is 0.240. The van der Waals surface area contributed by atoms with Crippen molar-refractivity contribution in [2.24, 2.45) is 5.92 Å². The zero-order valence-electron chi connectivity index (χ0n) is 12.2. The highest BCUT2D eigenvalue weighted by Crippen LogP contribution is 2.27. The zero-order chi connectivity index (χ0) is 13.7. The Morgan fingerprint density at radius 1 is 1.11 bits per heavy atom. The lowest BCUT2D eigenvalue weighted by atomic mass is 9.85. The summed E-state index contributed by atoms with van der Waals surface area (Å²) in [6.45, 7) is 4.68. The Labute approximate surface area is 118 Å². The van der Waals surface area contributed by atoms with Crippen molar-refractivity contribution in [2.45, 2.75) is 51.3 Å². The van der Waals surface area contributed by atoms with Gasteiger partial charge >= 0.3 is 0 Å². The molecule has 1 aromatic rings. The third-order valence-corrected chi connectivity index (χ3v) is 7.21. The molecular weight excluding hydrogens is 248 g/mol. The van der Waals surface area contributed by atoms with Gasteiger partial charge in [0.2, 0.25) is 0 Å². The summed E-state index contributed by atoms with van der Waals surface area (Å²) >= 11 is 0. The molecule has 2 heteroatoms. The average Bonchev–Trinajstić information content (AvgIpc) is 2.47. The van der Waals surface area contributed by atoms with E-state index in [0.29, 0.717) is 5.92 Å². The summed E-state index contributed by atoms with van der Waals surface area (Å²) in [5.41, 5.74) is 2.31. The van der Waals surface area contributed by atoms with Crippen LogP contribution in [0.4, 0.5) is 0 Å². The van der Waals surface area contributed by atoms with E-state index in [1.54, 1.807) is 0 Å². The molecule has 1 unspecified atom stereocenters. The lowest BCUT2D eigenvalue weighted by Crippen LogP contribution is -2.39. The zero-order valence-corrected chi connectivity index (χ0v) is 13.2. The van der Waals surface area contributed by atoms with E-state index in [4.69, 9.17) is 0 Å². The fourth-order valence-corrected chi connectivity index (χ4v) is 4.86. The third kappa shape index (κ3) is 4.05. The highest BCUT2D eigenvalue weighted by atomic mass is 28.3. The number of aliphatic hydroxyl groups is 1. The van der Waals surface area contributed by atoms with Crippen molar-refractivity contribution in [2.75, 3.05) is 0 Å². The maximum atomic E-state index is 10.3. The molecule has 1 aromatic carbocycles. The molecule has 0 saturated heterocycles. The molecule has 1 atom stereocenters. The molecule has 0 aliphatic heterocycles. The molecular formula is C17H26OSi. The second-order valence-electron chi connectivity index (χ2n) is 6.34. The van der Waals surface area contributed by atoms with Crippen molar-refractivity contribution >= 4 is 13.3 Å². The van der Waals surface area contributed by atoms with Crippen LogP contribution in [0.25, 0.3) is 0 Å². The summed E-state index contributed by atoms with van der Waals surface area (Å²) in [5, 5.41) is 11.8. The molecule has 1 aliphatic rings. The van der Waals surface area contributed by atoms with Gasteiger partial charge in [0.25, 0.3) is 0 Å². The van der Waals surface area contributed by atoms with Gasteiger partial charge in [0, 0.05) is 0 Å². The standard InChI is InChI=1S/C17H26OSi/c1-19(2,16-11-7-4-8-12-16)14-13-17(18)15-9-5-3-6-10-15/h4,7-8,11-15,17-18H,3,5-6,9-10H2,1-2H3/b14-13-. The Hall–Kier alpha value is -0.863. The van der Waals surface area contributed by atoms with Crippen molar-refractivity contribution in [3.8, 4) is 0 Å². The Kier molecular flexibility index (Phi) is 5.00. The first-order valence-electron chi connectivity index (χ1n) is 7.52. The lowest BCUT2D eigenvalue weighted by molar-refractivity contribution is 0.125. The molecule has 1 saturated carbocycles. The minimum Gasteiger partial charge on any atom is -0.389 e. The Bertz CT molecular complexity index is 405. The van der Waals surface area contributed by atoms with Crippen LogP contribution in [0.1, 0.15) is 32.1 Å². The molecule has 1 aliphatic carbocycles. The number of hydrogen-bond donors (Lipinski definition) is 1. The summed E-state index contributed by atoms with van der Waals surface area (Å²) in [5.74, 6) is 0.491. The van der Waals surface area contributed by atoms with Crippen LogP contribution in [0.2, 0.25) is 13.1 Å². The van der Waals surface area contributed by atoms with Crippen molar-refractivity contribution in [1.82, 2.24) is 0 Å². The van der Waals surface area contributed by atoms with Crippen LogP contribution in [0.3, 0.4) is 0 Å². The summed E-state index contributed by atoms with van der Waals surface area (Å²) < 4.78 is 0. The average molecular weight is 274 g/mol. The molecule has 0 aromatic heterocycles. The van der Waals surface area contributed by atoms with Gasteiger partial charge in [0.1, 0.15) is 8.07 Å². The third-order valence-electron chi connectivity index (χ3n) is 4.36. The second kappa shape index (κ2) is 6.53. The first-order valence-corrected chi connectivity index (χ1v) is 10.6. The van der Waals surface area contributed by atoms with Crippen LogP contribution < -0.4 is 5.19 Å². The van der Waals surface area contributed by atoms with Gasteiger partial charge in [-0.25, -0.2) is 0 Å². The molecule has 0 amide bonds. The largest absolute Gasteiger partial charge is 0.389 e. The summed E-state index contributed by atoms with van der Waals surface area (Å²) in [7, 11) is -1.55. The maximum Gasteiger partial charge on any atom is 0.103 e. The molecule has 2 rings (SSSR count). The first-order chi connectivity index (χ1) is 9.09. The van der Waals surface area contributed by atoms with Crippen LogP contribution in [-0.4, -0.2) is 19.3 Å². The van der Waals surface area contributed by atoms with E-state index < -0.39 is 8.07 Å². The van der Waals surface area contributed by atoms with Gasteiger partial charge in [-0.3, -0.25) is 0 Å². The molecule has 19 heavy (non-hydrogen) atoms. The molecule has 0 radical (unpaired) electrons. The van der Waals surface area contributed by atoms with Crippen LogP contribution in [-0.2, 0) is 0 Å². The quantitative estimate of drug-likeness (QED) is 0.831. The minimum atomic E-state index is -1.55. The second-order valence-corrected chi connectivity index (χ2v) is 10.7. The van der Waals surface area contributed by atoms with Crippen molar-refractivity contribution in [1.29, 1.82) is 0 Å². The fraction of sp³-hybridized carbons (Fsp3) is 0.529. The Morgan fingerprint density at radius 3 is 2.37 bits per heavy atom. The van der Waals surface area contributed by atoms with E-state index in [1.165, 1.54) is 37.3 Å².